The summed E-state index contributed by atoms with van der Waals surface area (Å²) in [4.78, 5) is 19.5. The van der Waals surface area contributed by atoms with Crippen molar-refractivity contribution >= 4 is 19.7 Å². The Labute approximate surface area is 172 Å². The molecule has 148 valence electrons. The molecule has 0 aromatic heterocycles. The van der Waals surface area contributed by atoms with E-state index >= 15 is 0 Å². The van der Waals surface area contributed by atoms with Gasteiger partial charge in [0.05, 0.1) is 32.1 Å². The lowest BCUT2D eigenvalue weighted by Gasteiger charge is -2.32. The highest BCUT2D eigenvalue weighted by molar-refractivity contribution is 6.08. The van der Waals surface area contributed by atoms with Crippen LogP contribution in [0.4, 0.5) is 4.39 Å². The van der Waals surface area contributed by atoms with Crippen LogP contribution in [-0.2, 0) is 9.53 Å². The number of ether oxygens (including phenoxy) is 1. The van der Waals surface area contributed by atoms with Crippen molar-refractivity contribution in [3.63, 3.8) is 0 Å². The quantitative estimate of drug-likeness (QED) is 0.126. The van der Waals surface area contributed by atoms with Crippen molar-refractivity contribution in [2.24, 2.45) is 4.99 Å². The fourth-order valence-electron chi connectivity index (χ4n) is 2.30. The Morgan fingerprint density at radius 1 is 1.48 bits per heavy atom. The number of piperazine rings is 1. The lowest BCUT2D eigenvalue weighted by Crippen LogP contribution is -2.51. The van der Waals surface area contributed by atoms with Crippen LogP contribution in [-0.4, -0.2) is 62.4 Å². The molecular formula is C21H22BFN4O2. The van der Waals surface area contributed by atoms with E-state index in [1.807, 2.05) is 0 Å². The van der Waals surface area contributed by atoms with Gasteiger partial charge < -0.3 is 9.55 Å². The van der Waals surface area contributed by atoms with Crippen molar-refractivity contribution in [2.75, 3.05) is 33.0 Å². The molecule has 0 N–H and O–H groups in total. The SMILES string of the molecule is [B]N1CCN(C(CC#CCC#C)=NCOCC(=C/C)/C(F)=C\C(=C)C#N)C(=O)C1. The number of hydrogen-bond acceptors (Lipinski definition) is 5. The third kappa shape index (κ3) is 8.62. The molecule has 0 aliphatic carbocycles. The second kappa shape index (κ2) is 13.1. The normalized spacial score (nSPS) is 15.9. The molecule has 0 spiro atoms. The number of carbonyl (C=O) groups is 1. The van der Waals surface area contributed by atoms with Crippen molar-refractivity contribution < 1.29 is 13.9 Å². The average Bonchev–Trinajstić information content (AvgIpc) is 2.69. The summed E-state index contributed by atoms with van der Waals surface area (Å²) >= 11 is 0. The van der Waals surface area contributed by atoms with Crippen LogP contribution in [0.1, 0.15) is 19.8 Å². The number of halogens is 1. The number of nitriles is 1. The van der Waals surface area contributed by atoms with E-state index in [0.29, 0.717) is 25.3 Å². The van der Waals surface area contributed by atoms with Gasteiger partial charge in [0.25, 0.3) is 0 Å². The number of terminal acetylenes is 1. The van der Waals surface area contributed by atoms with Crippen molar-refractivity contribution in [1.29, 1.82) is 5.26 Å². The van der Waals surface area contributed by atoms with Crippen LogP contribution in [0.2, 0.25) is 0 Å². The predicted octanol–water partition coefficient (Wildman–Crippen LogP) is 1.88. The second-order valence-electron chi connectivity index (χ2n) is 5.92. The highest BCUT2D eigenvalue weighted by atomic mass is 19.1. The second-order valence-corrected chi connectivity index (χ2v) is 5.92. The monoisotopic (exact) mass is 392 g/mol. The highest BCUT2D eigenvalue weighted by Gasteiger charge is 2.24. The first-order valence-corrected chi connectivity index (χ1v) is 8.84. The summed E-state index contributed by atoms with van der Waals surface area (Å²) in [6.45, 7) is 5.90. The van der Waals surface area contributed by atoms with Gasteiger partial charge in [-0.25, -0.2) is 9.38 Å². The molecule has 0 saturated carbocycles. The molecule has 2 radical (unpaired) electrons. The molecule has 1 heterocycles. The topological polar surface area (TPSA) is 68.9 Å². The summed E-state index contributed by atoms with van der Waals surface area (Å²) in [6, 6.07) is 1.75. The van der Waals surface area contributed by atoms with Gasteiger partial charge in [-0.15, -0.1) is 6.42 Å². The first-order chi connectivity index (χ1) is 13.9. The van der Waals surface area contributed by atoms with Gasteiger partial charge in [0.15, 0.2) is 7.98 Å². The zero-order valence-corrected chi connectivity index (χ0v) is 16.4. The van der Waals surface area contributed by atoms with E-state index in [-0.39, 0.29) is 43.4 Å². The van der Waals surface area contributed by atoms with Crippen molar-refractivity contribution in [2.45, 2.75) is 19.8 Å². The van der Waals surface area contributed by atoms with Crippen LogP contribution < -0.4 is 0 Å². The average molecular weight is 392 g/mol. The van der Waals surface area contributed by atoms with Gasteiger partial charge in [0.2, 0.25) is 5.91 Å². The Balaban J connectivity index is 2.79. The van der Waals surface area contributed by atoms with Crippen LogP contribution in [0.5, 0.6) is 0 Å². The number of carbonyl (C=O) groups excluding carboxylic acids is 1. The molecule has 8 heteroatoms. The number of allylic oxidation sites excluding steroid dienone is 3. The van der Waals surface area contributed by atoms with Gasteiger partial charge in [-0.2, -0.15) is 5.26 Å². The minimum absolute atomic E-state index is 0.00487. The Kier molecular flexibility index (Phi) is 10.8. The molecule has 6 nitrogen and oxygen atoms in total. The maximum atomic E-state index is 14.1. The molecule has 0 atom stereocenters. The summed E-state index contributed by atoms with van der Waals surface area (Å²) in [5.74, 6) is 7.77. The Hall–Kier alpha value is -3.12. The van der Waals surface area contributed by atoms with Gasteiger partial charge >= 0.3 is 0 Å². The van der Waals surface area contributed by atoms with Crippen LogP contribution in [0.15, 0.2) is 40.7 Å². The van der Waals surface area contributed by atoms with E-state index in [1.165, 1.54) is 15.8 Å². The Morgan fingerprint density at radius 2 is 2.24 bits per heavy atom. The number of amidine groups is 1. The molecule has 0 aromatic rings. The molecule has 1 fully saturated rings. The largest absolute Gasteiger partial charge is 0.354 e. The molecule has 0 bridgehead atoms. The van der Waals surface area contributed by atoms with E-state index < -0.39 is 5.83 Å². The van der Waals surface area contributed by atoms with E-state index in [9.17, 15) is 9.18 Å². The molecule has 0 aromatic carbocycles. The summed E-state index contributed by atoms with van der Waals surface area (Å²) in [5.41, 5.74) is 0.269. The van der Waals surface area contributed by atoms with Crippen molar-refractivity contribution in [1.82, 2.24) is 9.71 Å². The van der Waals surface area contributed by atoms with Crippen LogP contribution >= 0.6 is 0 Å². The van der Waals surface area contributed by atoms with Crippen molar-refractivity contribution in [3.05, 3.63) is 35.7 Å². The molecule has 1 aliphatic heterocycles. The summed E-state index contributed by atoms with van der Waals surface area (Å²) in [7, 11) is 5.67. The number of hydrogen-bond donors (Lipinski definition) is 0. The number of nitrogens with zero attached hydrogens (tertiary/aromatic N) is 4. The van der Waals surface area contributed by atoms with E-state index in [0.717, 1.165) is 6.08 Å². The van der Waals surface area contributed by atoms with E-state index in [1.54, 1.807) is 13.0 Å². The molecule has 1 amide bonds. The summed E-state index contributed by atoms with van der Waals surface area (Å²) in [5, 5.41) is 8.69. The highest BCUT2D eigenvalue weighted by Crippen LogP contribution is 2.14. The minimum Gasteiger partial charge on any atom is -0.354 e. The maximum absolute atomic E-state index is 14.1. The zero-order chi connectivity index (χ0) is 21.6. The molecule has 29 heavy (non-hydrogen) atoms. The summed E-state index contributed by atoms with van der Waals surface area (Å²) in [6.07, 6.45) is 8.29. The first-order valence-electron chi connectivity index (χ1n) is 8.84. The first kappa shape index (κ1) is 23.9. The predicted molar refractivity (Wildman–Crippen MR) is 111 cm³/mol. The zero-order valence-electron chi connectivity index (χ0n) is 16.4. The lowest BCUT2D eigenvalue weighted by atomic mass is 10.2. The lowest BCUT2D eigenvalue weighted by molar-refractivity contribution is -0.129. The molecule has 0 unspecified atom stereocenters. The standard InChI is InChI=1S/C21H22BFN4O2/c1-4-6-7-8-9-20(27-11-10-26(22)14-21(27)28)25-16-29-15-18(5-2)19(23)12-17(3)13-24/h1,5,12H,3,6,9-11,14-16H2,2H3/b18-5-,19-12+,25-20?. The third-order valence-corrected chi connectivity index (χ3v) is 3.82. The molecule has 1 saturated heterocycles. The van der Waals surface area contributed by atoms with E-state index in [2.05, 4.69) is 29.3 Å². The van der Waals surface area contributed by atoms with Gasteiger partial charge in [-0.1, -0.05) is 30.4 Å². The number of aliphatic imine (C=N–C) groups is 1. The number of amides is 1. The summed E-state index contributed by atoms with van der Waals surface area (Å²) < 4.78 is 19.5. The molecular weight excluding hydrogens is 370 g/mol. The minimum atomic E-state index is -0.599. The van der Waals surface area contributed by atoms with Gasteiger partial charge in [0, 0.05) is 24.2 Å². The molecule has 1 rings (SSSR count). The van der Waals surface area contributed by atoms with Gasteiger partial charge in [0.1, 0.15) is 18.4 Å². The van der Waals surface area contributed by atoms with Gasteiger partial charge in [-0.05, 0) is 13.0 Å². The smallest absolute Gasteiger partial charge is 0.241 e. The van der Waals surface area contributed by atoms with Crippen LogP contribution in [0, 0.1) is 35.5 Å². The van der Waals surface area contributed by atoms with Crippen LogP contribution in [0.25, 0.3) is 0 Å². The van der Waals surface area contributed by atoms with Crippen LogP contribution in [0.3, 0.4) is 0 Å². The molecule has 1 aliphatic rings. The Morgan fingerprint density at radius 3 is 2.86 bits per heavy atom. The van der Waals surface area contributed by atoms with Crippen molar-refractivity contribution in [3.8, 4) is 30.3 Å². The van der Waals surface area contributed by atoms with E-state index in [4.69, 9.17) is 24.4 Å². The Bertz CT molecular complexity index is 853. The number of rotatable bonds is 7. The third-order valence-electron chi connectivity index (χ3n) is 3.82. The maximum Gasteiger partial charge on any atom is 0.241 e. The fraction of sp³-hybridized carbons (Fsp3) is 0.381. The fourth-order valence-corrected chi connectivity index (χ4v) is 2.30. The van der Waals surface area contributed by atoms with Gasteiger partial charge in [-0.3, -0.25) is 9.69 Å².